The number of hydrogen-bond acceptors (Lipinski definition) is 5. The fourth-order valence-electron chi connectivity index (χ4n) is 4.31. The minimum Gasteiger partial charge on any atom is -0.493 e. The van der Waals surface area contributed by atoms with Crippen LogP contribution in [0.2, 0.25) is 0 Å². The summed E-state index contributed by atoms with van der Waals surface area (Å²) in [5, 5.41) is 11.0. The number of ether oxygens (including phenoxy) is 3. The third-order valence-electron chi connectivity index (χ3n) is 6.10. The van der Waals surface area contributed by atoms with Crippen molar-refractivity contribution in [3.63, 3.8) is 0 Å². The molecule has 1 saturated heterocycles. The summed E-state index contributed by atoms with van der Waals surface area (Å²) < 4.78 is 16.6. The maximum absolute atomic E-state index is 13.6. The van der Waals surface area contributed by atoms with Gasteiger partial charge in [-0.05, 0) is 55.3 Å². The Morgan fingerprint density at radius 1 is 1.16 bits per heavy atom. The highest BCUT2D eigenvalue weighted by Crippen LogP contribution is 2.36. The number of morpholine rings is 1. The van der Waals surface area contributed by atoms with E-state index in [1.165, 1.54) is 0 Å². The van der Waals surface area contributed by atoms with Crippen molar-refractivity contribution in [3.8, 4) is 11.5 Å². The summed E-state index contributed by atoms with van der Waals surface area (Å²) in [4.78, 5) is 18.7. The van der Waals surface area contributed by atoms with Gasteiger partial charge in [0.2, 0.25) is 0 Å². The summed E-state index contributed by atoms with van der Waals surface area (Å²) in [5.74, 6) is 1.07. The summed E-state index contributed by atoms with van der Waals surface area (Å²) in [6.07, 6.45) is -0.532. The first kappa shape index (κ1) is 21.2. The number of aliphatic hydroxyl groups excluding tert-OH is 1. The van der Waals surface area contributed by atoms with E-state index in [9.17, 15) is 9.90 Å². The topological polar surface area (TPSA) is 84.0 Å². The number of hydrogen-bond donors (Lipinski definition) is 2. The van der Waals surface area contributed by atoms with Crippen LogP contribution in [0, 0.1) is 13.8 Å². The van der Waals surface area contributed by atoms with Crippen molar-refractivity contribution in [2.24, 2.45) is 0 Å². The second kappa shape index (κ2) is 8.61. The van der Waals surface area contributed by atoms with Gasteiger partial charge in [0.15, 0.2) is 11.5 Å². The van der Waals surface area contributed by atoms with E-state index in [1.807, 2.05) is 44.2 Å². The third-order valence-corrected chi connectivity index (χ3v) is 6.10. The van der Waals surface area contributed by atoms with Crippen molar-refractivity contribution in [2.75, 3.05) is 34.0 Å². The first-order valence-corrected chi connectivity index (χ1v) is 10.3. The molecule has 164 valence electrons. The Balaban J connectivity index is 1.74. The van der Waals surface area contributed by atoms with Crippen LogP contribution in [0.5, 0.6) is 11.5 Å². The number of nitrogens with zero attached hydrogens (tertiary/aromatic N) is 1. The number of nitrogens with one attached hydrogen (secondary N) is 1. The number of fused-ring (bicyclic) bond motifs is 1. The van der Waals surface area contributed by atoms with E-state index in [1.54, 1.807) is 25.2 Å². The normalized spacial score (nSPS) is 18.9. The molecule has 1 aliphatic heterocycles. The van der Waals surface area contributed by atoms with Gasteiger partial charge in [-0.1, -0.05) is 6.07 Å². The van der Waals surface area contributed by atoms with Crippen molar-refractivity contribution in [2.45, 2.75) is 26.0 Å². The average Bonchev–Trinajstić information content (AvgIpc) is 3.10. The Bertz CT molecular complexity index is 1110. The summed E-state index contributed by atoms with van der Waals surface area (Å²) in [6.45, 7) is 4.67. The van der Waals surface area contributed by atoms with Gasteiger partial charge in [0, 0.05) is 28.7 Å². The smallest absolute Gasteiger partial charge is 0.254 e. The van der Waals surface area contributed by atoms with Crippen molar-refractivity contribution in [3.05, 3.63) is 58.8 Å². The summed E-state index contributed by atoms with van der Waals surface area (Å²) in [5.41, 5.74) is 4.67. The number of amides is 1. The second-order valence-corrected chi connectivity index (χ2v) is 7.78. The number of aromatic nitrogens is 1. The third kappa shape index (κ3) is 3.75. The zero-order valence-electron chi connectivity index (χ0n) is 18.3. The lowest BCUT2D eigenvalue weighted by atomic mass is 9.96. The molecule has 2 unspecified atom stereocenters. The van der Waals surface area contributed by atoms with Gasteiger partial charge in [0.05, 0.1) is 33.5 Å². The van der Waals surface area contributed by atoms with Crippen molar-refractivity contribution < 1.29 is 24.1 Å². The van der Waals surface area contributed by atoms with Gasteiger partial charge in [0.25, 0.3) is 5.91 Å². The fourth-order valence-corrected chi connectivity index (χ4v) is 4.31. The van der Waals surface area contributed by atoms with E-state index >= 15 is 0 Å². The molecule has 31 heavy (non-hydrogen) atoms. The largest absolute Gasteiger partial charge is 0.493 e. The van der Waals surface area contributed by atoms with Crippen LogP contribution >= 0.6 is 0 Å². The highest BCUT2D eigenvalue weighted by molar-refractivity contribution is 5.99. The minimum atomic E-state index is -0.532. The maximum Gasteiger partial charge on any atom is 0.254 e. The first-order valence-electron chi connectivity index (χ1n) is 10.3. The summed E-state index contributed by atoms with van der Waals surface area (Å²) in [6, 6.07) is 10.8. The van der Waals surface area contributed by atoms with Gasteiger partial charge >= 0.3 is 0 Å². The number of methoxy groups -OCH3 is 2. The monoisotopic (exact) mass is 424 g/mol. The lowest BCUT2D eigenvalue weighted by Gasteiger charge is -2.41. The molecule has 1 aromatic heterocycles. The maximum atomic E-state index is 13.6. The molecule has 2 heterocycles. The van der Waals surface area contributed by atoms with E-state index in [2.05, 4.69) is 4.98 Å². The number of aromatic amines is 1. The Hall–Kier alpha value is -3.03. The Kier molecular flexibility index (Phi) is 5.89. The number of carbonyl (C=O) groups is 1. The summed E-state index contributed by atoms with van der Waals surface area (Å²) >= 11 is 0. The van der Waals surface area contributed by atoms with Crippen LogP contribution < -0.4 is 9.47 Å². The van der Waals surface area contributed by atoms with E-state index in [0.29, 0.717) is 30.2 Å². The minimum absolute atomic E-state index is 0.0957. The standard InChI is InChI=1S/C24H28N2O5/c1-14-15(2)25-19-7-5-17(11-18(14)19)24(28)26-9-10-31-22(13-27)23(26)16-6-8-20(29-3)21(12-16)30-4/h5-8,11-12,22-23,25,27H,9-10,13H2,1-4H3. The van der Waals surface area contributed by atoms with Gasteiger partial charge in [0.1, 0.15) is 6.10 Å². The highest BCUT2D eigenvalue weighted by atomic mass is 16.5. The van der Waals surface area contributed by atoms with E-state index in [4.69, 9.17) is 14.2 Å². The zero-order chi connectivity index (χ0) is 22.1. The molecule has 4 rings (SSSR count). The molecule has 0 saturated carbocycles. The van der Waals surface area contributed by atoms with Gasteiger partial charge < -0.3 is 29.2 Å². The summed E-state index contributed by atoms with van der Waals surface area (Å²) in [7, 11) is 3.15. The molecule has 1 fully saturated rings. The molecule has 0 bridgehead atoms. The molecule has 7 nitrogen and oxygen atoms in total. The molecular weight excluding hydrogens is 396 g/mol. The highest BCUT2D eigenvalue weighted by Gasteiger charge is 2.37. The Morgan fingerprint density at radius 3 is 2.65 bits per heavy atom. The molecular formula is C24H28N2O5. The van der Waals surface area contributed by atoms with Crippen LogP contribution in [-0.2, 0) is 4.74 Å². The molecule has 2 N–H and O–H groups in total. The van der Waals surface area contributed by atoms with Crippen LogP contribution in [0.15, 0.2) is 36.4 Å². The van der Waals surface area contributed by atoms with Gasteiger partial charge in [-0.15, -0.1) is 0 Å². The molecule has 0 spiro atoms. The Morgan fingerprint density at radius 2 is 1.94 bits per heavy atom. The van der Waals surface area contributed by atoms with Gasteiger partial charge in [-0.3, -0.25) is 4.79 Å². The van der Waals surface area contributed by atoms with Crippen LogP contribution in [0.25, 0.3) is 10.9 Å². The second-order valence-electron chi connectivity index (χ2n) is 7.78. The molecule has 7 heteroatoms. The zero-order valence-corrected chi connectivity index (χ0v) is 18.3. The van der Waals surface area contributed by atoms with Crippen LogP contribution in [0.4, 0.5) is 0 Å². The number of aryl methyl sites for hydroxylation is 2. The molecule has 2 aromatic carbocycles. The van der Waals surface area contributed by atoms with Gasteiger partial charge in [-0.2, -0.15) is 0 Å². The number of carbonyl (C=O) groups excluding carboxylic acids is 1. The van der Waals surface area contributed by atoms with E-state index in [0.717, 1.165) is 27.7 Å². The first-order chi connectivity index (χ1) is 15.0. The molecule has 0 radical (unpaired) electrons. The Labute approximate surface area is 181 Å². The lowest BCUT2D eigenvalue weighted by Crippen LogP contribution is -2.49. The quantitative estimate of drug-likeness (QED) is 0.656. The van der Waals surface area contributed by atoms with E-state index < -0.39 is 12.1 Å². The number of H-pyrrole nitrogens is 1. The number of aliphatic hydroxyl groups is 1. The van der Waals surface area contributed by atoms with Crippen LogP contribution in [-0.4, -0.2) is 61.0 Å². The molecule has 1 amide bonds. The lowest BCUT2D eigenvalue weighted by molar-refractivity contribution is -0.0811. The SMILES string of the molecule is COc1ccc(C2C(CO)OCCN2C(=O)c2ccc3[nH]c(C)c(C)c3c2)cc1OC. The van der Waals surface area contributed by atoms with Gasteiger partial charge in [-0.25, -0.2) is 0 Å². The predicted octanol–water partition coefficient (Wildman–Crippen LogP) is 3.38. The molecule has 3 aromatic rings. The van der Waals surface area contributed by atoms with Crippen molar-refractivity contribution in [1.29, 1.82) is 0 Å². The number of rotatable bonds is 5. The number of benzene rings is 2. The van der Waals surface area contributed by atoms with Crippen molar-refractivity contribution in [1.82, 2.24) is 9.88 Å². The average molecular weight is 424 g/mol. The van der Waals surface area contributed by atoms with Crippen LogP contribution in [0.3, 0.4) is 0 Å². The molecule has 0 aliphatic carbocycles. The molecule has 1 aliphatic rings. The molecule has 2 atom stereocenters. The van der Waals surface area contributed by atoms with Crippen LogP contribution in [0.1, 0.15) is 33.2 Å². The van der Waals surface area contributed by atoms with Crippen molar-refractivity contribution >= 4 is 16.8 Å². The predicted molar refractivity (Wildman–Crippen MR) is 118 cm³/mol. The fraction of sp³-hybridized carbons (Fsp3) is 0.375. The van der Waals surface area contributed by atoms with E-state index in [-0.39, 0.29) is 12.5 Å².